The number of hydrogen-bond donors (Lipinski definition) is 2. The summed E-state index contributed by atoms with van der Waals surface area (Å²) in [7, 11) is 0. The predicted molar refractivity (Wildman–Crippen MR) is 86.7 cm³/mol. The number of amides is 1. The Balaban J connectivity index is 5.02. The lowest BCUT2D eigenvalue weighted by Crippen LogP contribution is -2.49. The molecule has 0 aromatic carbocycles. The van der Waals surface area contributed by atoms with Crippen LogP contribution in [0.25, 0.3) is 0 Å². The van der Waals surface area contributed by atoms with Crippen LogP contribution in [0.15, 0.2) is 0 Å². The number of carbonyl (C=O) groups is 3. The maximum absolute atomic E-state index is 12.4. The second kappa shape index (κ2) is 11.5. The number of carbonyl (C=O) groups excluding carboxylic acids is 3. The fraction of sp³-hybridized carbons (Fsp3) is 0.750. The number of nitrogens with zero attached hydrogens (tertiary/aromatic N) is 1. The molecule has 24 heavy (non-hydrogen) atoms. The second-order valence-electron chi connectivity index (χ2n) is 5.93. The van der Waals surface area contributed by atoms with Gasteiger partial charge in [-0.05, 0) is 33.1 Å². The minimum Gasteiger partial charge on any atom is -0.461 e. The molecule has 0 radical (unpaired) electrons. The van der Waals surface area contributed by atoms with Crippen LogP contribution < -0.4 is 5.32 Å². The van der Waals surface area contributed by atoms with E-state index in [1.807, 2.05) is 13.8 Å². The Labute approximate surface area is 142 Å². The highest BCUT2D eigenvalue weighted by Gasteiger charge is 2.29. The molecule has 2 atom stereocenters. The lowest BCUT2D eigenvalue weighted by Gasteiger charge is -2.24. The summed E-state index contributed by atoms with van der Waals surface area (Å²) in [5, 5.41) is 2.60. The average molecular weight is 342 g/mol. The van der Waals surface area contributed by atoms with Crippen LogP contribution in [0.3, 0.4) is 0 Å². The van der Waals surface area contributed by atoms with Gasteiger partial charge >= 0.3 is 12.2 Å². The second-order valence-corrected chi connectivity index (χ2v) is 5.93. The maximum atomic E-state index is 12.4. The Bertz CT molecular complexity index is 484. The fourth-order valence-corrected chi connectivity index (χ4v) is 1.99. The van der Waals surface area contributed by atoms with Crippen molar-refractivity contribution in [2.45, 2.75) is 65.7 Å². The summed E-state index contributed by atoms with van der Waals surface area (Å²) in [5.74, 6) is -1.48. The highest BCUT2D eigenvalue weighted by atomic mass is 16.5. The number of esters is 1. The lowest BCUT2D eigenvalue weighted by molar-refractivity contribution is -0.153. The van der Waals surface area contributed by atoms with Gasteiger partial charge in [0.2, 0.25) is 11.7 Å². The molecule has 8 heteroatoms. The zero-order valence-electron chi connectivity index (χ0n) is 15.0. The zero-order valence-corrected chi connectivity index (χ0v) is 15.0. The molecular weight excluding hydrogens is 314 g/mol. The van der Waals surface area contributed by atoms with E-state index in [4.69, 9.17) is 15.0 Å². The first-order chi connectivity index (χ1) is 11.2. The van der Waals surface area contributed by atoms with Crippen LogP contribution in [-0.2, 0) is 23.9 Å². The summed E-state index contributed by atoms with van der Waals surface area (Å²) >= 11 is 0. The Hall–Kier alpha value is -2.05. The largest absolute Gasteiger partial charge is 0.461 e. The molecule has 0 saturated heterocycles. The van der Waals surface area contributed by atoms with E-state index < -0.39 is 29.8 Å². The Morgan fingerprint density at radius 2 is 1.83 bits per heavy atom. The van der Waals surface area contributed by atoms with Gasteiger partial charge in [-0.25, -0.2) is 4.79 Å². The molecule has 1 amide bonds. The van der Waals surface area contributed by atoms with Gasteiger partial charge in [-0.15, -0.1) is 0 Å². The molecule has 0 heterocycles. The summed E-state index contributed by atoms with van der Waals surface area (Å²) in [6.45, 7) is 9.24. The minimum atomic E-state index is -0.954. The van der Waals surface area contributed by atoms with Gasteiger partial charge in [0.05, 0.1) is 16.4 Å². The van der Waals surface area contributed by atoms with Crippen LogP contribution >= 0.6 is 0 Å². The highest BCUT2D eigenvalue weighted by Crippen LogP contribution is 2.09. The van der Waals surface area contributed by atoms with Gasteiger partial charge in [0.25, 0.3) is 0 Å². The summed E-state index contributed by atoms with van der Waals surface area (Å²) < 4.78 is 10.5. The first-order valence-corrected chi connectivity index (χ1v) is 8.07. The van der Waals surface area contributed by atoms with Gasteiger partial charge in [0.1, 0.15) is 12.1 Å². The topological polar surface area (TPSA) is 120 Å². The van der Waals surface area contributed by atoms with E-state index in [1.54, 1.807) is 20.8 Å². The van der Waals surface area contributed by atoms with Crippen molar-refractivity contribution in [1.82, 2.24) is 5.32 Å². The Kier molecular flexibility index (Phi) is 10.5. The van der Waals surface area contributed by atoms with Gasteiger partial charge in [0, 0.05) is 13.0 Å². The monoisotopic (exact) mass is 342 g/mol. The smallest absolute Gasteiger partial charge is 0.372 e. The molecule has 0 saturated carbocycles. The molecular formula is C16H28N3O5+. The molecule has 2 N–H and O–H groups in total. The van der Waals surface area contributed by atoms with Crippen LogP contribution in [0.4, 0.5) is 0 Å². The van der Waals surface area contributed by atoms with E-state index >= 15 is 0 Å². The van der Waals surface area contributed by atoms with Crippen molar-refractivity contribution in [3.63, 3.8) is 0 Å². The molecule has 0 aliphatic carbocycles. The average Bonchev–Trinajstić information content (AvgIpc) is 2.47. The van der Waals surface area contributed by atoms with Crippen LogP contribution in [0.1, 0.15) is 47.5 Å². The van der Waals surface area contributed by atoms with Crippen molar-refractivity contribution < 1.29 is 28.6 Å². The van der Waals surface area contributed by atoms with Crippen LogP contribution in [0.5, 0.6) is 0 Å². The minimum absolute atomic E-state index is 0.0263. The van der Waals surface area contributed by atoms with Crippen molar-refractivity contribution in [1.29, 1.82) is 5.53 Å². The molecule has 0 aliphatic rings. The summed E-state index contributed by atoms with van der Waals surface area (Å²) in [5.41, 5.74) is 6.63. The summed E-state index contributed by atoms with van der Waals surface area (Å²) in [6, 6.07) is -0.954. The summed E-state index contributed by atoms with van der Waals surface area (Å²) in [4.78, 5) is 38.9. The fourth-order valence-electron chi connectivity index (χ4n) is 1.99. The molecule has 0 spiro atoms. The van der Waals surface area contributed by atoms with Gasteiger partial charge in [-0.1, -0.05) is 13.8 Å². The highest BCUT2D eigenvalue weighted by molar-refractivity contribution is 6.25. The van der Waals surface area contributed by atoms with Crippen molar-refractivity contribution in [3.05, 3.63) is 0 Å². The van der Waals surface area contributed by atoms with E-state index in [9.17, 15) is 14.4 Å². The zero-order chi connectivity index (χ0) is 18.7. The number of ketones is 1. The van der Waals surface area contributed by atoms with Crippen molar-refractivity contribution in [2.75, 3.05) is 6.61 Å². The number of rotatable bonds is 11. The van der Waals surface area contributed by atoms with Crippen LogP contribution in [0, 0.1) is 11.4 Å². The van der Waals surface area contributed by atoms with Gasteiger partial charge in [0.15, 0.2) is 0 Å². The molecule has 0 unspecified atom stereocenters. The van der Waals surface area contributed by atoms with Crippen LogP contribution in [0.2, 0.25) is 0 Å². The van der Waals surface area contributed by atoms with E-state index in [-0.39, 0.29) is 24.9 Å². The third kappa shape index (κ3) is 8.55. The molecule has 0 rings (SSSR count). The lowest BCUT2D eigenvalue weighted by atomic mass is 10.0. The molecule has 0 aromatic rings. The molecule has 136 valence electrons. The van der Waals surface area contributed by atoms with E-state index in [0.717, 1.165) is 6.21 Å². The van der Waals surface area contributed by atoms with Gasteiger partial charge < -0.3 is 14.8 Å². The third-order valence-corrected chi connectivity index (χ3v) is 3.05. The first-order valence-electron chi connectivity index (χ1n) is 8.07. The van der Waals surface area contributed by atoms with Gasteiger partial charge in [-0.2, -0.15) is 0 Å². The quantitative estimate of drug-likeness (QED) is 0.252. The molecule has 0 bridgehead atoms. The number of hydrogen-bond acceptors (Lipinski definition) is 6. The molecule has 0 fully saturated rings. The molecule has 0 aliphatic heterocycles. The first kappa shape index (κ1) is 21.9. The number of Topliss-reactive ketones (excluding diaryl/α,β-unsaturated/α-hetero) is 1. The third-order valence-electron chi connectivity index (χ3n) is 3.05. The van der Waals surface area contributed by atoms with E-state index in [0.29, 0.717) is 6.61 Å². The molecule has 0 aromatic heterocycles. The standard InChI is InChI=1S/C16H27N3O5/c1-6-23-14(10(2)3)15(21)19-13(16(22)24-11(4)5)8-7-12(20)9-18-17/h9-11,13-14,17H,6-8H2,1-5H3/p+1/t13-,14-/m0/s1. The summed E-state index contributed by atoms with van der Waals surface area (Å²) in [6.07, 6.45) is -0.116. The number of ether oxygens (including phenoxy) is 2. The van der Waals surface area contributed by atoms with Crippen molar-refractivity contribution in [2.24, 2.45) is 5.92 Å². The maximum Gasteiger partial charge on any atom is 0.372 e. The SMILES string of the molecule is CCO[C@H](C(=O)N[C@@H](CCC(=O)C=[N+]=N)C(=O)OC(C)C)C(C)C. The predicted octanol–water partition coefficient (Wildman–Crippen LogP) is 1.14. The van der Waals surface area contributed by atoms with E-state index in [2.05, 4.69) is 10.1 Å². The number of nitrogens with one attached hydrogen (secondary N) is 2. The van der Waals surface area contributed by atoms with Crippen molar-refractivity contribution >= 4 is 23.9 Å². The van der Waals surface area contributed by atoms with Crippen molar-refractivity contribution in [3.8, 4) is 0 Å². The van der Waals surface area contributed by atoms with Gasteiger partial charge in [-0.3, -0.25) is 9.59 Å². The Morgan fingerprint density at radius 1 is 1.21 bits per heavy atom. The van der Waals surface area contributed by atoms with E-state index in [1.165, 1.54) is 0 Å². The molecule has 8 nitrogen and oxygen atoms in total. The Morgan fingerprint density at radius 3 is 2.29 bits per heavy atom. The normalized spacial score (nSPS) is 13.1. The van der Waals surface area contributed by atoms with Crippen LogP contribution in [-0.4, -0.2) is 53.5 Å².